The lowest BCUT2D eigenvalue weighted by atomic mass is 10.0. The van der Waals surface area contributed by atoms with Crippen LogP contribution in [0.4, 0.5) is 0 Å². The zero-order chi connectivity index (χ0) is 22.2. The fraction of sp³-hybridized carbons (Fsp3) is 0.167. The molecule has 0 aliphatic rings. The van der Waals surface area contributed by atoms with E-state index in [9.17, 15) is 14.7 Å². The Labute approximate surface area is 191 Å². The van der Waals surface area contributed by atoms with Crippen molar-refractivity contribution in [1.82, 2.24) is 10.6 Å². The number of nitrogens with one attached hydrogen (secondary N) is 2. The number of benzene rings is 3. The first-order chi connectivity index (χ1) is 14.9. The Bertz CT molecular complexity index is 1010. The van der Waals surface area contributed by atoms with Crippen molar-refractivity contribution in [2.24, 2.45) is 0 Å². The molecule has 0 spiro atoms. The van der Waals surface area contributed by atoms with Crippen LogP contribution in [0.25, 0.3) is 0 Å². The predicted octanol–water partition coefficient (Wildman–Crippen LogP) is 4.18. The number of rotatable bonds is 8. The number of amides is 2. The molecule has 3 aromatic rings. The molecule has 7 heteroatoms. The van der Waals surface area contributed by atoms with Crippen LogP contribution in [-0.2, 0) is 11.2 Å². The van der Waals surface area contributed by atoms with Gasteiger partial charge in [0.1, 0.15) is 6.04 Å². The van der Waals surface area contributed by atoms with Gasteiger partial charge in [0, 0.05) is 28.6 Å². The number of halogens is 2. The number of aliphatic hydroxyl groups excluding tert-OH is 1. The van der Waals surface area contributed by atoms with Gasteiger partial charge in [-0.3, -0.25) is 9.59 Å². The monoisotopic (exact) mass is 456 g/mol. The highest BCUT2D eigenvalue weighted by Gasteiger charge is 2.23. The smallest absolute Gasteiger partial charge is 0.251 e. The van der Waals surface area contributed by atoms with Crippen LogP contribution in [-0.4, -0.2) is 29.5 Å². The molecule has 2 unspecified atom stereocenters. The van der Waals surface area contributed by atoms with Gasteiger partial charge in [0.2, 0.25) is 5.91 Å². The highest BCUT2D eigenvalue weighted by atomic mass is 35.5. The largest absolute Gasteiger partial charge is 0.387 e. The summed E-state index contributed by atoms with van der Waals surface area (Å²) in [6, 6.07) is 21.7. The molecular weight excluding hydrogens is 435 g/mol. The van der Waals surface area contributed by atoms with E-state index in [1.165, 1.54) is 0 Å². The van der Waals surface area contributed by atoms with Crippen molar-refractivity contribution in [3.05, 3.63) is 106 Å². The Kier molecular flexibility index (Phi) is 8.06. The van der Waals surface area contributed by atoms with Gasteiger partial charge in [-0.1, -0.05) is 65.7 Å². The lowest BCUT2D eigenvalue weighted by Gasteiger charge is -2.20. The molecule has 31 heavy (non-hydrogen) atoms. The first-order valence-electron chi connectivity index (χ1n) is 9.74. The standard InChI is InChI=1S/C24H22Cl2N2O3/c25-19-10-6-17(7-11-19)22(29)15-27-24(31)21(14-16-4-2-1-3-5-16)28-23(30)18-8-12-20(26)13-9-18/h1-13,21-22,29H,14-15H2,(H,27,31)(H,28,30). The summed E-state index contributed by atoms with van der Waals surface area (Å²) in [7, 11) is 0. The first-order valence-corrected chi connectivity index (χ1v) is 10.5. The van der Waals surface area contributed by atoms with Crippen LogP contribution >= 0.6 is 23.2 Å². The number of carbonyl (C=O) groups excluding carboxylic acids is 2. The van der Waals surface area contributed by atoms with Crippen molar-refractivity contribution in [2.45, 2.75) is 18.6 Å². The van der Waals surface area contributed by atoms with E-state index in [4.69, 9.17) is 23.2 Å². The SMILES string of the molecule is O=C(NC(Cc1ccccc1)C(=O)NCC(O)c1ccc(Cl)cc1)c1ccc(Cl)cc1. The minimum atomic E-state index is -0.898. The Morgan fingerprint density at radius 2 is 1.42 bits per heavy atom. The second-order valence-electron chi connectivity index (χ2n) is 7.04. The van der Waals surface area contributed by atoms with Crippen molar-refractivity contribution in [2.75, 3.05) is 6.54 Å². The van der Waals surface area contributed by atoms with Crippen molar-refractivity contribution in [1.29, 1.82) is 0 Å². The van der Waals surface area contributed by atoms with Gasteiger partial charge in [-0.25, -0.2) is 0 Å². The minimum absolute atomic E-state index is 0.00255. The van der Waals surface area contributed by atoms with Crippen molar-refractivity contribution < 1.29 is 14.7 Å². The highest BCUT2D eigenvalue weighted by molar-refractivity contribution is 6.30. The summed E-state index contributed by atoms with van der Waals surface area (Å²) in [5, 5.41) is 16.9. The number of hydrogen-bond acceptors (Lipinski definition) is 3. The zero-order valence-electron chi connectivity index (χ0n) is 16.6. The Morgan fingerprint density at radius 1 is 0.839 bits per heavy atom. The van der Waals surface area contributed by atoms with Gasteiger partial charge in [0.05, 0.1) is 6.10 Å². The normalized spacial score (nSPS) is 12.6. The summed E-state index contributed by atoms with van der Waals surface area (Å²) in [6.45, 7) is 0.00255. The summed E-state index contributed by atoms with van der Waals surface area (Å²) >= 11 is 11.8. The van der Waals surface area contributed by atoms with Gasteiger partial charge in [-0.15, -0.1) is 0 Å². The number of hydrogen-bond donors (Lipinski definition) is 3. The van der Waals surface area contributed by atoms with Crippen LogP contribution in [0.3, 0.4) is 0 Å². The number of carbonyl (C=O) groups is 2. The molecule has 3 aromatic carbocycles. The minimum Gasteiger partial charge on any atom is -0.387 e. The van der Waals surface area contributed by atoms with Gasteiger partial charge in [0.15, 0.2) is 0 Å². The second-order valence-corrected chi connectivity index (χ2v) is 7.91. The van der Waals surface area contributed by atoms with Gasteiger partial charge >= 0.3 is 0 Å². The molecular formula is C24H22Cl2N2O3. The fourth-order valence-electron chi connectivity index (χ4n) is 3.03. The van der Waals surface area contributed by atoms with E-state index < -0.39 is 12.1 Å². The summed E-state index contributed by atoms with van der Waals surface area (Å²) < 4.78 is 0. The van der Waals surface area contributed by atoms with E-state index in [0.29, 0.717) is 27.6 Å². The molecule has 5 nitrogen and oxygen atoms in total. The van der Waals surface area contributed by atoms with Crippen LogP contribution in [0.2, 0.25) is 10.0 Å². The fourth-order valence-corrected chi connectivity index (χ4v) is 3.28. The Balaban J connectivity index is 1.68. The third-order valence-electron chi connectivity index (χ3n) is 4.74. The molecule has 3 rings (SSSR count). The lowest BCUT2D eigenvalue weighted by molar-refractivity contribution is -0.123. The topological polar surface area (TPSA) is 78.4 Å². The summed E-state index contributed by atoms with van der Waals surface area (Å²) in [4.78, 5) is 25.5. The molecule has 0 saturated heterocycles. The Hall–Kier alpha value is -2.86. The van der Waals surface area contributed by atoms with Crippen LogP contribution in [0.5, 0.6) is 0 Å². The van der Waals surface area contributed by atoms with E-state index in [0.717, 1.165) is 5.56 Å². The maximum Gasteiger partial charge on any atom is 0.251 e. The van der Waals surface area contributed by atoms with Gasteiger partial charge in [-0.05, 0) is 47.5 Å². The second kappa shape index (κ2) is 11.0. The molecule has 0 aliphatic heterocycles. The summed E-state index contributed by atoms with van der Waals surface area (Å²) in [5.41, 5.74) is 1.93. The molecule has 0 heterocycles. The van der Waals surface area contributed by atoms with E-state index in [2.05, 4.69) is 10.6 Å². The molecule has 2 atom stereocenters. The summed E-state index contributed by atoms with van der Waals surface area (Å²) in [5.74, 6) is -0.773. The highest BCUT2D eigenvalue weighted by Crippen LogP contribution is 2.16. The van der Waals surface area contributed by atoms with Gasteiger partial charge < -0.3 is 15.7 Å². The van der Waals surface area contributed by atoms with E-state index in [1.807, 2.05) is 30.3 Å². The molecule has 0 saturated carbocycles. The zero-order valence-corrected chi connectivity index (χ0v) is 18.1. The Morgan fingerprint density at radius 3 is 2.03 bits per heavy atom. The molecule has 0 bridgehead atoms. The van der Waals surface area contributed by atoms with Crippen LogP contribution < -0.4 is 10.6 Å². The van der Waals surface area contributed by atoms with Crippen molar-refractivity contribution in [3.63, 3.8) is 0 Å². The molecule has 2 amide bonds. The molecule has 0 fully saturated rings. The van der Waals surface area contributed by atoms with Gasteiger partial charge in [0.25, 0.3) is 5.91 Å². The maximum atomic E-state index is 12.9. The van der Waals surface area contributed by atoms with E-state index >= 15 is 0 Å². The van der Waals surface area contributed by atoms with Crippen molar-refractivity contribution >= 4 is 35.0 Å². The maximum absolute atomic E-state index is 12.9. The van der Waals surface area contributed by atoms with Gasteiger partial charge in [-0.2, -0.15) is 0 Å². The molecule has 160 valence electrons. The molecule has 0 aliphatic carbocycles. The lowest BCUT2D eigenvalue weighted by Crippen LogP contribution is -2.48. The van der Waals surface area contributed by atoms with Crippen LogP contribution in [0, 0.1) is 0 Å². The van der Waals surface area contributed by atoms with Crippen LogP contribution in [0.1, 0.15) is 27.6 Å². The van der Waals surface area contributed by atoms with E-state index in [1.54, 1.807) is 48.5 Å². The average Bonchev–Trinajstić information content (AvgIpc) is 2.78. The average molecular weight is 457 g/mol. The third kappa shape index (κ3) is 6.82. The molecule has 0 aromatic heterocycles. The van der Waals surface area contributed by atoms with E-state index in [-0.39, 0.29) is 18.4 Å². The first kappa shape index (κ1) is 22.8. The molecule has 3 N–H and O–H groups in total. The van der Waals surface area contributed by atoms with Crippen LogP contribution in [0.15, 0.2) is 78.9 Å². The third-order valence-corrected chi connectivity index (χ3v) is 5.24. The quantitative estimate of drug-likeness (QED) is 0.475. The van der Waals surface area contributed by atoms with Crippen molar-refractivity contribution in [3.8, 4) is 0 Å². The number of aliphatic hydroxyl groups is 1. The molecule has 0 radical (unpaired) electrons. The predicted molar refractivity (Wildman–Crippen MR) is 122 cm³/mol. The summed E-state index contributed by atoms with van der Waals surface area (Å²) in [6.07, 6.45) is -0.589.